The van der Waals surface area contributed by atoms with Crippen molar-refractivity contribution in [1.82, 2.24) is 10.6 Å². The van der Waals surface area contributed by atoms with Gasteiger partial charge >= 0.3 is 0 Å². The summed E-state index contributed by atoms with van der Waals surface area (Å²) in [4.78, 5) is 0. The largest absolute Gasteiger partial charge is 0.380 e. The second-order valence-electron chi connectivity index (χ2n) is 4.89. The van der Waals surface area contributed by atoms with Crippen LogP contribution in [0.2, 0.25) is 0 Å². The predicted octanol–water partition coefficient (Wildman–Crippen LogP) is 1.25. The van der Waals surface area contributed by atoms with Gasteiger partial charge in [-0.15, -0.1) is 0 Å². The normalized spacial score (nSPS) is 22.2. The molecule has 1 saturated heterocycles. The number of hydrogen-bond donors (Lipinski definition) is 2. The molecule has 0 amide bonds. The van der Waals surface area contributed by atoms with Gasteiger partial charge in [-0.1, -0.05) is 13.8 Å². The number of nitrogens with one attached hydrogen (secondary N) is 2. The van der Waals surface area contributed by atoms with E-state index in [9.17, 15) is 0 Å². The number of hydrogen-bond acceptors (Lipinski definition) is 3. The zero-order chi connectivity index (χ0) is 10.9. The second kappa shape index (κ2) is 8.08. The number of piperidine rings is 1. The Labute approximate surface area is 94.0 Å². The molecule has 1 atom stereocenters. The molecule has 0 spiro atoms. The highest BCUT2D eigenvalue weighted by atomic mass is 16.5. The molecular weight excluding hydrogens is 188 g/mol. The fourth-order valence-electron chi connectivity index (χ4n) is 1.87. The van der Waals surface area contributed by atoms with E-state index in [1.807, 2.05) is 0 Å². The average Bonchev–Trinajstić information content (AvgIpc) is 2.24. The minimum Gasteiger partial charge on any atom is -0.380 e. The summed E-state index contributed by atoms with van der Waals surface area (Å²) < 4.78 is 5.51. The second-order valence-corrected chi connectivity index (χ2v) is 4.89. The van der Waals surface area contributed by atoms with Crippen LogP contribution in [0.3, 0.4) is 0 Å². The number of rotatable bonds is 7. The molecule has 0 saturated carbocycles. The Morgan fingerprint density at radius 3 is 3.00 bits per heavy atom. The Morgan fingerprint density at radius 1 is 1.47 bits per heavy atom. The molecule has 2 N–H and O–H groups in total. The van der Waals surface area contributed by atoms with Crippen molar-refractivity contribution in [2.45, 2.75) is 26.7 Å². The Balaban J connectivity index is 1.83. The highest BCUT2D eigenvalue weighted by Gasteiger charge is 2.11. The van der Waals surface area contributed by atoms with Crippen LogP contribution in [0.1, 0.15) is 26.7 Å². The third-order valence-corrected chi connectivity index (χ3v) is 2.71. The van der Waals surface area contributed by atoms with Crippen molar-refractivity contribution < 1.29 is 4.74 Å². The van der Waals surface area contributed by atoms with Crippen molar-refractivity contribution in [1.29, 1.82) is 0 Å². The van der Waals surface area contributed by atoms with Crippen molar-refractivity contribution >= 4 is 0 Å². The molecular formula is C12H26N2O. The van der Waals surface area contributed by atoms with Crippen molar-refractivity contribution in [2.24, 2.45) is 11.8 Å². The highest BCUT2D eigenvalue weighted by Crippen LogP contribution is 2.07. The minimum atomic E-state index is 0.646. The van der Waals surface area contributed by atoms with E-state index in [4.69, 9.17) is 4.74 Å². The topological polar surface area (TPSA) is 33.3 Å². The molecule has 0 aromatic carbocycles. The lowest BCUT2D eigenvalue weighted by Gasteiger charge is -2.22. The fraction of sp³-hybridized carbons (Fsp3) is 1.00. The molecule has 0 radical (unpaired) electrons. The molecule has 3 heteroatoms. The predicted molar refractivity (Wildman–Crippen MR) is 64.1 cm³/mol. The zero-order valence-electron chi connectivity index (χ0n) is 10.2. The zero-order valence-corrected chi connectivity index (χ0v) is 10.2. The van der Waals surface area contributed by atoms with Crippen LogP contribution in [0.15, 0.2) is 0 Å². The lowest BCUT2D eigenvalue weighted by atomic mass is 10.00. The van der Waals surface area contributed by atoms with Gasteiger partial charge in [-0.25, -0.2) is 0 Å². The van der Waals surface area contributed by atoms with Crippen LogP contribution >= 0.6 is 0 Å². The van der Waals surface area contributed by atoms with Crippen LogP contribution in [0.4, 0.5) is 0 Å². The summed E-state index contributed by atoms with van der Waals surface area (Å²) in [5, 5.41) is 6.89. The first kappa shape index (κ1) is 12.9. The van der Waals surface area contributed by atoms with Crippen molar-refractivity contribution in [3.05, 3.63) is 0 Å². The summed E-state index contributed by atoms with van der Waals surface area (Å²) in [7, 11) is 0. The molecule has 1 rings (SSSR count). The molecule has 0 aliphatic carbocycles. The van der Waals surface area contributed by atoms with Gasteiger partial charge in [0, 0.05) is 13.2 Å². The van der Waals surface area contributed by atoms with Crippen LogP contribution in [0.5, 0.6) is 0 Å². The van der Waals surface area contributed by atoms with Crippen molar-refractivity contribution in [3.8, 4) is 0 Å². The molecule has 1 fully saturated rings. The maximum absolute atomic E-state index is 5.51. The van der Waals surface area contributed by atoms with Gasteiger partial charge in [0.1, 0.15) is 0 Å². The van der Waals surface area contributed by atoms with E-state index in [1.165, 1.54) is 25.9 Å². The molecule has 1 aliphatic heterocycles. The van der Waals surface area contributed by atoms with Crippen LogP contribution in [0, 0.1) is 11.8 Å². The lowest BCUT2D eigenvalue weighted by molar-refractivity contribution is 0.111. The molecule has 0 aromatic heterocycles. The molecule has 1 unspecified atom stereocenters. The summed E-state index contributed by atoms with van der Waals surface area (Å²) in [6.45, 7) is 10.6. The standard InChI is InChI=1S/C12H26N2O/c1-11(2)10-15-7-6-14-9-12-4-3-5-13-8-12/h11-14H,3-10H2,1-2H3. The third-order valence-electron chi connectivity index (χ3n) is 2.71. The Morgan fingerprint density at radius 2 is 2.33 bits per heavy atom. The molecule has 90 valence electrons. The molecule has 1 heterocycles. The van der Waals surface area contributed by atoms with Gasteiger partial charge in [-0.2, -0.15) is 0 Å². The van der Waals surface area contributed by atoms with Crippen LogP contribution in [0.25, 0.3) is 0 Å². The minimum absolute atomic E-state index is 0.646. The number of ether oxygens (including phenoxy) is 1. The maximum Gasteiger partial charge on any atom is 0.0591 e. The molecule has 1 aliphatic rings. The van der Waals surface area contributed by atoms with Gasteiger partial charge in [-0.3, -0.25) is 0 Å². The maximum atomic E-state index is 5.51. The van der Waals surface area contributed by atoms with E-state index in [0.29, 0.717) is 5.92 Å². The third kappa shape index (κ3) is 6.88. The summed E-state index contributed by atoms with van der Waals surface area (Å²) in [5.41, 5.74) is 0. The Kier molecular flexibility index (Phi) is 6.98. The first-order valence-electron chi connectivity index (χ1n) is 6.28. The van der Waals surface area contributed by atoms with E-state index in [0.717, 1.165) is 32.2 Å². The molecule has 15 heavy (non-hydrogen) atoms. The van der Waals surface area contributed by atoms with E-state index in [1.54, 1.807) is 0 Å². The van der Waals surface area contributed by atoms with Gasteiger partial charge in [0.05, 0.1) is 6.61 Å². The van der Waals surface area contributed by atoms with Gasteiger partial charge in [0.15, 0.2) is 0 Å². The molecule has 3 nitrogen and oxygen atoms in total. The smallest absolute Gasteiger partial charge is 0.0591 e. The quantitative estimate of drug-likeness (QED) is 0.626. The fourth-order valence-corrected chi connectivity index (χ4v) is 1.87. The molecule has 0 aromatic rings. The van der Waals surface area contributed by atoms with Crippen molar-refractivity contribution in [3.63, 3.8) is 0 Å². The van der Waals surface area contributed by atoms with Gasteiger partial charge in [0.25, 0.3) is 0 Å². The average molecular weight is 214 g/mol. The van der Waals surface area contributed by atoms with E-state index in [2.05, 4.69) is 24.5 Å². The van der Waals surface area contributed by atoms with Gasteiger partial charge in [0.2, 0.25) is 0 Å². The van der Waals surface area contributed by atoms with Crippen LogP contribution in [-0.2, 0) is 4.74 Å². The molecule has 0 bridgehead atoms. The lowest BCUT2D eigenvalue weighted by Crippen LogP contribution is -2.36. The highest BCUT2D eigenvalue weighted by molar-refractivity contribution is 4.70. The van der Waals surface area contributed by atoms with Crippen LogP contribution in [-0.4, -0.2) is 39.4 Å². The Hall–Kier alpha value is -0.120. The van der Waals surface area contributed by atoms with E-state index >= 15 is 0 Å². The SMILES string of the molecule is CC(C)COCCNCC1CCCNC1. The summed E-state index contributed by atoms with van der Waals surface area (Å²) >= 11 is 0. The summed E-state index contributed by atoms with van der Waals surface area (Å²) in [6.07, 6.45) is 2.70. The van der Waals surface area contributed by atoms with Gasteiger partial charge < -0.3 is 15.4 Å². The summed E-state index contributed by atoms with van der Waals surface area (Å²) in [6, 6.07) is 0. The summed E-state index contributed by atoms with van der Waals surface area (Å²) in [5.74, 6) is 1.47. The van der Waals surface area contributed by atoms with Crippen LogP contribution < -0.4 is 10.6 Å². The van der Waals surface area contributed by atoms with E-state index < -0.39 is 0 Å². The monoisotopic (exact) mass is 214 g/mol. The first-order chi connectivity index (χ1) is 7.29. The Bertz CT molecular complexity index is 145. The van der Waals surface area contributed by atoms with Crippen molar-refractivity contribution in [2.75, 3.05) is 39.4 Å². The van der Waals surface area contributed by atoms with Gasteiger partial charge in [-0.05, 0) is 44.3 Å². The first-order valence-corrected chi connectivity index (χ1v) is 6.28. The van der Waals surface area contributed by atoms with E-state index in [-0.39, 0.29) is 0 Å².